The van der Waals surface area contributed by atoms with Gasteiger partial charge in [0.2, 0.25) is 5.82 Å². The molecule has 1 aliphatic rings. The Balaban J connectivity index is 1.56. The van der Waals surface area contributed by atoms with Crippen molar-refractivity contribution < 1.29 is 23.5 Å². The van der Waals surface area contributed by atoms with Gasteiger partial charge < -0.3 is 35.3 Å². The van der Waals surface area contributed by atoms with E-state index in [0.29, 0.717) is 50.3 Å². The fourth-order valence-electron chi connectivity index (χ4n) is 5.20. The van der Waals surface area contributed by atoms with Gasteiger partial charge in [0.1, 0.15) is 18.1 Å². The number of hydrogen-bond donors (Lipinski definition) is 3. The van der Waals surface area contributed by atoms with Crippen molar-refractivity contribution >= 4 is 43.2 Å². The minimum atomic E-state index is -1.34. The number of carbonyl (C=O) groups excluding carboxylic acids is 2. The number of aromatic nitrogens is 3. The summed E-state index contributed by atoms with van der Waals surface area (Å²) in [6.45, 7) is 14.1. The number of imidazole rings is 1. The van der Waals surface area contributed by atoms with Gasteiger partial charge in [-0.05, 0) is 63.4 Å². The molecule has 0 radical (unpaired) electrons. The van der Waals surface area contributed by atoms with Crippen molar-refractivity contribution in [1.82, 2.24) is 19.9 Å². The number of piperidine rings is 1. The third-order valence-electron chi connectivity index (χ3n) is 7.60. The number of rotatable bonds is 13. The highest BCUT2D eigenvalue weighted by atomic mass is 28.3. The highest BCUT2D eigenvalue weighted by molar-refractivity contribution is 6.76. The van der Waals surface area contributed by atoms with Crippen LogP contribution in [0.3, 0.4) is 0 Å². The second kappa shape index (κ2) is 16.7. The summed E-state index contributed by atoms with van der Waals surface area (Å²) in [5.74, 6) is -0.968. The first kappa shape index (κ1) is 37.3. The quantitative estimate of drug-likeness (QED) is 0.111. The largest absolute Gasteiger partial charge is 0.444 e. The number of nitrogens with two attached hydrogens (primary N) is 1. The van der Waals surface area contributed by atoms with E-state index in [2.05, 4.69) is 45.2 Å². The molecule has 0 bridgehead atoms. The van der Waals surface area contributed by atoms with E-state index < -0.39 is 31.5 Å². The van der Waals surface area contributed by atoms with Gasteiger partial charge >= 0.3 is 6.09 Å². The summed E-state index contributed by atoms with van der Waals surface area (Å²) in [5, 5.41) is 5.78. The first-order valence-corrected chi connectivity index (χ1v) is 20.2. The van der Waals surface area contributed by atoms with Crippen molar-refractivity contribution in [3.63, 3.8) is 0 Å². The summed E-state index contributed by atoms with van der Waals surface area (Å²) in [4.78, 5) is 41.4. The number of nitrogens with one attached hydrogen (secondary N) is 2. The zero-order chi connectivity index (χ0) is 35.6. The van der Waals surface area contributed by atoms with Gasteiger partial charge in [-0.3, -0.25) is 14.8 Å². The molecule has 12 nitrogen and oxygen atoms in total. The van der Waals surface area contributed by atoms with Crippen LogP contribution in [0.15, 0.2) is 60.1 Å². The zero-order valence-electron chi connectivity index (χ0n) is 29.3. The van der Waals surface area contributed by atoms with Crippen molar-refractivity contribution in [1.29, 1.82) is 0 Å². The first-order chi connectivity index (χ1) is 23.2. The van der Waals surface area contributed by atoms with Gasteiger partial charge in [0.25, 0.3) is 5.91 Å². The first-order valence-electron chi connectivity index (χ1n) is 16.5. The lowest BCUT2D eigenvalue weighted by atomic mass is 10.0. The van der Waals surface area contributed by atoms with Crippen LogP contribution in [0.2, 0.25) is 25.7 Å². The average Bonchev–Trinajstić information content (AvgIpc) is 3.45. The molecule has 49 heavy (non-hydrogen) atoms. The van der Waals surface area contributed by atoms with Crippen LogP contribution in [0, 0.1) is 5.82 Å². The fraction of sp³-hybridized carbons (Fsp3) is 0.457. The van der Waals surface area contributed by atoms with E-state index in [4.69, 9.17) is 15.2 Å². The maximum absolute atomic E-state index is 15.5. The van der Waals surface area contributed by atoms with E-state index in [-0.39, 0.29) is 30.0 Å². The predicted octanol–water partition coefficient (Wildman–Crippen LogP) is 6.05. The molecule has 0 aliphatic carbocycles. The molecule has 3 heterocycles. The average molecular weight is 693 g/mol. The number of carbonyl (C=O) groups is 2. The lowest BCUT2D eigenvalue weighted by Gasteiger charge is -2.36. The van der Waals surface area contributed by atoms with Crippen LogP contribution >= 0.6 is 0 Å². The Kier molecular flexibility index (Phi) is 12.7. The number of pyridine rings is 1. The summed E-state index contributed by atoms with van der Waals surface area (Å²) < 4.78 is 28.5. The van der Waals surface area contributed by atoms with Crippen LogP contribution in [0.1, 0.15) is 55.5 Å². The molecule has 14 heteroatoms. The number of nitrogens with zero attached hydrogens (tertiary/aromatic N) is 5. The molecule has 1 atom stereocenters. The van der Waals surface area contributed by atoms with E-state index in [1.54, 1.807) is 62.3 Å². The summed E-state index contributed by atoms with van der Waals surface area (Å²) in [6, 6.07) is 9.00. The van der Waals surface area contributed by atoms with Crippen molar-refractivity contribution in [2.75, 3.05) is 29.9 Å². The van der Waals surface area contributed by atoms with Crippen molar-refractivity contribution in [3.8, 4) is 0 Å². The van der Waals surface area contributed by atoms with Crippen molar-refractivity contribution in [2.24, 2.45) is 10.7 Å². The number of anilines is 2. The second-order valence-electron chi connectivity index (χ2n) is 14.2. The molecule has 0 saturated carbocycles. The van der Waals surface area contributed by atoms with Crippen molar-refractivity contribution in [2.45, 2.75) is 84.2 Å². The fourth-order valence-corrected chi connectivity index (χ4v) is 5.96. The summed E-state index contributed by atoms with van der Waals surface area (Å²) in [7, 11) is -1.34. The number of hydrogen-bond acceptors (Lipinski definition) is 9. The monoisotopic (exact) mass is 692 g/mol. The van der Waals surface area contributed by atoms with E-state index in [1.165, 1.54) is 12.3 Å². The van der Waals surface area contributed by atoms with Crippen molar-refractivity contribution in [3.05, 3.63) is 78.0 Å². The molecule has 1 saturated heterocycles. The number of para-hydroxylation sites is 1. The lowest BCUT2D eigenvalue weighted by Crippen LogP contribution is -2.49. The van der Waals surface area contributed by atoms with Gasteiger partial charge in [-0.1, -0.05) is 31.8 Å². The molecule has 1 fully saturated rings. The molecule has 4 N–H and O–H groups in total. The minimum absolute atomic E-state index is 0.0707. The number of amides is 2. The number of benzene rings is 1. The molecule has 1 aromatic carbocycles. The van der Waals surface area contributed by atoms with Gasteiger partial charge in [0.05, 0.1) is 23.6 Å². The Morgan fingerprint density at radius 1 is 1.20 bits per heavy atom. The lowest BCUT2D eigenvalue weighted by molar-refractivity contribution is 0.0500. The number of halogens is 1. The van der Waals surface area contributed by atoms with E-state index in [0.717, 1.165) is 11.6 Å². The molecule has 2 amide bonds. The molecule has 2 aromatic heterocycles. The van der Waals surface area contributed by atoms with Crippen LogP contribution in [-0.4, -0.2) is 72.2 Å². The predicted molar refractivity (Wildman–Crippen MR) is 194 cm³/mol. The SMILES string of the molecule is CC(C)(C)OC(=O)N[C@@H]1CCCN(c2c(F)cccc2NC(=O)c2nc(C(C=NCc3cccnc3)=CN)cn2COCC[Si](C)(C)C)C1. The molecule has 1 aliphatic heterocycles. The third kappa shape index (κ3) is 11.5. The highest BCUT2D eigenvalue weighted by Crippen LogP contribution is 2.32. The van der Waals surface area contributed by atoms with Crippen LogP contribution in [0.4, 0.5) is 20.6 Å². The Bertz CT molecular complexity index is 1630. The molecule has 264 valence electrons. The molecular weight excluding hydrogens is 644 g/mol. The van der Waals surface area contributed by atoms with Gasteiger partial charge in [-0.25, -0.2) is 14.2 Å². The molecule has 0 spiro atoms. The molecule has 3 aromatic rings. The van der Waals surface area contributed by atoms with E-state index in [9.17, 15) is 9.59 Å². The summed E-state index contributed by atoms with van der Waals surface area (Å²) >= 11 is 0. The second-order valence-corrected chi connectivity index (χ2v) is 19.9. The van der Waals surface area contributed by atoms with Gasteiger partial charge in [-0.15, -0.1) is 0 Å². The smallest absolute Gasteiger partial charge is 0.407 e. The van der Waals surface area contributed by atoms with Crippen LogP contribution < -0.4 is 21.3 Å². The van der Waals surface area contributed by atoms with E-state index in [1.807, 2.05) is 17.0 Å². The van der Waals surface area contributed by atoms with Crippen LogP contribution in [0.25, 0.3) is 5.57 Å². The number of allylic oxidation sites excluding steroid dienone is 1. The molecule has 0 unspecified atom stereocenters. The minimum Gasteiger partial charge on any atom is -0.444 e. The summed E-state index contributed by atoms with van der Waals surface area (Å²) in [5.41, 5.74) is 7.74. The Labute approximate surface area is 289 Å². The standard InChI is InChI=1S/C35H49FN8O4Si/c1-35(2,3)48-34(46)40-27-11-9-15-43(22-27)31-28(36)12-7-13-29(31)42-33(45)32-41-30(23-44(32)24-47-16-17-49(4,5)6)26(18-37)21-39-20-25-10-8-14-38-19-25/h7-8,10,12-14,18-19,21,23,27H,9,11,15-17,20,22,24,37H2,1-6H3,(H,40,46)(H,42,45)/t27-/m1/s1. The number of alkyl carbamates (subject to hydrolysis) is 1. The topological polar surface area (TPSA) is 149 Å². The van der Waals surface area contributed by atoms with Crippen LogP contribution in [-0.2, 0) is 22.7 Å². The Morgan fingerprint density at radius 3 is 2.69 bits per heavy atom. The van der Waals surface area contributed by atoms with Gasteiger partial charge in [0.15, 0.2) is 0 Å². The zero-order valence-corrected chi connectivity index (χ0v) is 30.3. The van der Waals surface area contributed by atoms with E-state index >= 15 is 4.39 Å². The molecule has 4 rings (SSSR count). The maximum Gasteiger partial charge on any atom is 0.407 e. The molecular formula is C35H49FN8O4Si. The maximum atomic E-state index is 15.5. The summed E-state index contributed by atoms with van der Waals surface area (Å²) in [6.07, 6.45) is 9.02. The number of aliphatic imine (C=N–C) groups is 1. The normalized spacial score (nSPS) is 15.8. The third-order valence-corrected chi connectivity index (χ3v) is 9.31. The van der Waals surface area contributed by atoms with Crippen LogP contribution in [0.5, 0.6) is 0 Å². The highest BCUT2D eigenvalue weighted by Gasteiger charge is 2.28. The van der Waals surface area contributed by atoms with Gasteiger partial charge in [-0.2, -0.15) is 0 Å². The number of ether oxygens (including phenoxy) is 2. The van der Waals surface area contributed by atoms with Gasteiger partial charge in [0, 0.05) is 70.4 Å². The Morgan fingerprint density at radius 2 is 2.00 bits per heavy atom. The Hall–Kier alpha value is -4.56.